The van der Waals surface area contributed by atoms with E-state index < -0.39 is 0 Å². The van der Waals surface area contributed by atoms with Gasteiger partial charge < -0.3 is 15.4 Å². The second kappa shape index (κ2) is 12.2. The summed E-state index contributed by atoms with van der Waals surface area (Å²) in [5.74, 6) is 0.267. The molecule has 0 aliphatic rings. The Morgan fingerprint density at radius 1 is 0.939 bits per heavy atom. The van der Waals surface area contributed by atoms with E-state index in [1.807, 2.05) is 61.5 Å². The van der Waals surface area contributed by atoms with Gasteiger partial charge >= 0.3 is 0 Å². The molecular weight excluding hydrogens is 434 g/mol. The van der Waals surface area contributed by atoms with Crippen LogP contribution in [0.2, 0.25) is 0 Å². The molecule has 0 spiro atoms. The van der Waals surface area contributed by atoms with Crippen molar-refractivity contribution in [2.75, 3.05) is 11.9 Å². The highest BCUT2D eigenvalue weighted by molar-refractivity contribution is 7.80. The molecule has 0 bridgehead atoms. The maximum atomic E-state index is 12.3. The molecule has 2 amide bonds. The van der Waals surface area contributed by atoms with Crippen LogP contribution in [0.25, 0.3) is 6.08 Å². The van der Waals surface area contributed by atoms with Gasteiger partial charge in [-0.3, -0.25) is 14.9 Å². The molecule has 0 radical (unpaired) electrons. The van der Waals surface area contributed by atoms with E-state index >= 15 is 0 Å². The van der Waals surface area contributed by atoms with Gasteiger partial charge in [-0.25, -0.2) is 0 Å². The first-order chi connectivity index (χ1) is 16.0. The predicted octanol–water partition coefficient (Wildman–Crippen LogP) is 4.54. The van der Waals surface area contributed by atoms with Crippen LogP contribution in [0.1, 0.15) is 28.4 Å². The number of carbonyl (C=O) groups is 2. The fraction of sp³-hybridized carbons (Fsp3) is 0.115. The zero-order valence-corrected chi connectivity index (χ0v) is 19.0. The first kappa shape index (κ1) is 23.7. The zero-order valence-electron chi connectivity index (χ0n) is 18.2. The van der Waals surface area contributed by atoms with Crippen molar-refractivity contribution >= 4 is 40.9 Å². The van der Waals surface area contributed by atoms with Gasteiger partial charge in [-0.1, -0.05) is 42.5 Å². The molecule has 0 saturated heterocycles. The summed E-state index contributed by atoms with van der Waals surface area (Å²) in [6.45, 7) is 2.99. The predicted molar refractivity (Wildman–Crippen MR) is 135 cm³/mol. The molecule has 168 valence electrons. The summed E-state index contributed by atoms with van der Waals surface area (Å²) in [6.07, 6.45) is 3.10. The highest BCUT2D eigenvalue weighted by Crippen LogP contribution is 2.13. The van der Waals surface area contributed by atoms with Crippen molar-refractivity contribution in [2.45, 2.75) is 13.5 Å². The van der Waals surface area contributed by atoms with Crippen LogP contribution >= 0.6 is 12.2 Å². The van der Waals surface area contributed by atoms with Crippen molar-refractivity contribution < 1.29 is 14.3 Å². The fourth-order valence-corrected chi connectivity index (χ4v) is 3.13. The summed E-state index contributed by atoms with van der Waals surface area (Å²) in [6, 6.07) is 24.0. The number of anilines is 1. The molecule has 6 nitrogen and oxygen atoms in total. The van der Waals surface area contributed by atoms with Crippen molar-refractivity contribution in [1.29, 1.82) is 0 Å². The van der Waals surface area contributed by atoms with E-state index in [0.29, 0.717) is 24.4 Å². The van der Waals surface area contributed by atoms with Crippen LogP contribution < -0.4 is 20.7 Å². The summed E-state index contributed by atoms with van der Waals surface area (Å²) in [7, 11) is 0. The largest absolute Gasteiger partial charge is 0.494 e. The van der Waals surface area contributed by atoms with Gasteiger partial charge in [0.1, 0.15) is 5.75 Å². The zero-order chi connectivity index (χ0) is 23.5. The monoisotopic (exact) mass is 459 g/mol. The molecule has 0 heterocycles. The lowest BCUT2D eigenvalue weighted by Gasteiger charge is -2.09. The lowest BCUT2D eigenvalue weighted by atomic mass is 10.2. The number of carbonyl (C=O) groups excluding carboxylic acids is 2. The van der Waals surface area contributed by atoms with Gasteiger partial charge in [-0.2, -0.15) is 0 Å². The average Bonchev–Trinajstić information content (AvgIpc) is 2.83. The van der Waals surface area contributed by atoms with Crippen LogP contribution in [0.15, 0.2) is 84.9 Å². The topological polar surface area (TPSA) is 79.5 Å². The molecule has 3 N–H and O–H groups in total. The lowest BCUT2D eigenvalue weighted by Crippen LogP contribution is -2.32. The van der Waals surface area contributed by atoms with Gasteiger partial charge in [-0.05, 0) is 72.7 Å². The molecule has 0 unspecified atom stereocenters. The third-order valence-corrected chi connectivity index (χ3v) is 4.76. The lowest BCUT2D eigenvalue weighted by molar-refractivity contribution is -0.115. The highest BCUT2D eigenvalue weighted by Gasteiger charge is 2.06. The van der Waals surface area contributed by atoms with E-state index in [1.165, 1.54) is 6.08 Å². The molecule has 7 heteroatoms. The number of nitrogens with one attached hydrogen (secondary N) is 3. The Balaban J connectivity index is 1.45. The molecule has 0 fully saturated rings. The smallest absolute Gasteiger partial charge is 0.251 e. The summed E-state index contributed by atoms with van der Waals surface area (Å²) >= 11 is 5.20. The summed E-state index contributed by atoms with van der Waals surface area (Å²) in [5, 5.41) is 8.58. The summed E-state index contributed by atoms with van der Waals surface area (Å²) in [4.78, 5) is 24.4. The number of benzene rings is 3. The van der Waals surface area contributed by atoms with Gasteiger partial charge in [0.2, 0.25) is 5.91 Å². The molecule has 0 aliphatic heterocycles. The number of ether oxygens (including phenoxy) is 1. The standard InChI is InChI=1S/C26H25N3O3S/c1-2-32-23-15-8-19(9-16-23)10-17-24(30)29-26(33)28-22-13-11-21(12-14-22)25(31)27-18-20-6-4-3-5-7-20/h3-17H,2,18H2,1H3,(H,27,31)(H2,28,29,30,33)/b17-10+. The molecule has 0 saturated carbocycles. The van der Waals surface area contributed by atoms with Crippen molar-refractivity contribution in [3.63, 3.8) is 0 Å². The summed E-state index contributed by atoms with van der Waals surface area (Å²) < 4.78 is 5.40. The van der Waals surface area contributed by atoms with Crippen LogP contribution in [0.4, 0.5) is 5.69 Å². The third kappa shape index (κ3) is 7.90. The van der Waals surface area contributed by atoms with Crippen molar-refractivity contribution in [1.82, 2.24) is 10.6 Å². The van der Waals surface area contributed by atoms with Gasteiger partial charge in [0.25, 0.3) is 5.91 Å². The van der Waals surface area contributed by atoms with Gasteiger partial charge in [0, 0.05) is 23.9 Å². The van der Waals surface area contributed by atoms with E-state index in [0.717, 1.165) is 16.9 Å². The first-order valence-corrected chi connectivity index (χ1v) is 10.9. The molecule has 0 aliphatic carbocycles. The van der Waals surface area contributed by atoms with E-state index in [2.05, 4.69) is 16.0 Å². The number of amides is 2. The van der Waals surface area contributed by atoms with E-state index in [-0.39, 0.29) is 16.9 Å². The maximum Gasteiger partial charge on any atom is 0.251 e. The van der Waals surface area contributed by atoms with Crippen LogP contribution in [0.5, 0.6) is 5.75 Å². The highest BCUT2D eigenvalue weighted by atomic mass is 32.1. The molecule has 3 aromatic carbocycles. The average molecular weight is 460 g/mol. The van der Waals surface area contributed by atoms with Crippen molar-refractivity contribution in [3.8, 4) is 5.75 Å². The Hall–Kier alpha value is -3.97. The molecular formula is C26H25N3O3S. The van der Waals surface area contributed by atoms with Crippen LogP contribution in [0, 0.1) is 0 Å². The van der Waals surface area contributed by atoms with Crippen LogP contribution in [-0.4, -0.2) is 23.5 Å². The minimum atomic E-state index is -0.349. The van der Waals surface area contributed by atoms with Gasteiger partial charge in [0.05, 0.1) is 6.61 Å². The van der Waals surface area contributed by atoms with Gasteiger partial charge in [-0.15, -0.1) is 0 Å². The quantitative estimate of drug-likeness (QED) is 0.340. The molecule has 33 heavy (non-hydrogen) atoms. The van der Waals surface area contributed by atoms with Crippen molar-refractivity contribution in [2.24, 2.45) is 0 Å². The molecule has 0 aromatic heterocycles. The Kier molecular flexibility index (Phi) is 8.73. The molecule has 3 rings (SSSR count). The second-order valence-corrected chi connectivity index (χ2v) is 7.43. The Labute approximate surface area is 198 Å². The second-order valence-electron chi connectivity index (χ2n) is 7.02. The van der Waals surface area contributed by atoms with E-state index in [4.69, 9.17) is 17.0 Å². The third-order valence-electron chi connectivity index (χ3n) is 4.56. The van der Waals surface area contributed by atoms with E-state index in [9.17, 15) is 9.59 Å². The minimum absolute atomic E-state index is 0.164. The summed E-state index contributed by atoms with van der Waals surface area (Å²) in [5.41, 5.74) is 3.09. The number of rotatable bonds is 8. The Morgan fingerprint density at radius 3 is 2.30 bits per heavy atom. The van der Waals surface area contributed by atoms with Crippen molar-refractivity contribution in [3.05, 3.63) is 102 Å². The normalized spacial score (nSPS) is 10.5. The maximum absolute atomic E-state index is 12.3. The first-order valence-electron chi connectivity index (χ1n) is 10.5. The fourth-order valence-electron chi connectivity index (χ4n) is 2.91. The number of thiocarbonyl (C=S) groups is 1. The SMILES string of the molecule is CCOc1ccc(/C=C/C(=O)NC(=S)Nc2ccc(C(=O)NCc3ccccc3)cc2)cc1. The van der Waals surface area contributed by atoms with Gasteiger partial charge in [0.15, 0.2) is 5.11 Å². The van der Waals surface area contributed by atoms with Crippen LogP contribution in [0.3, 0.4) is 0 Å². The Bertz CT molecular complexity index is 1110. The number of hydrogen-bond donors (Lipinski definition) is 3. The molecule has 3 aromatic rings. The minimum Gasteiger partial charge on any atom is -0.494 e. The van der Waals surface area contributed by atoms with E-state index in [1.54, 1.807) is 30.3 Å². The van der Waals surface area contributed by atoms with Crippen LogP contribution in [-0.2, 0) is 11.3 Å². The number of hydrogen-bond acceptors (Lipinski definition) is 4. The molecule has 0 atom stereocenters. The Morgan fingerprint density at radius 2 is 1.64 bits per heavy atom.